The number of hydrogen-bond donors (Lipinski definition) is 2. The second kappa shape index (κ2) is 6.84. The number of benzene rings is 2. The minimum atomic E-state index is -0.167. The van der Waals surface area contributed by atoms with Crippen LogP contribution in [0.5, 0.6) is 0 Å². The van der Waals surface area contributed by atoms with Crippen LogP contribution < -0.4 is 11.1 Å². The van der Waals surface area contributed by atoms with E-state index < -0.39 is 0 Å². The van der Waals surface area contributed by atoms with E-state index in [0.29, 0.717) is 11.3 Å². The third-order valence-electron chi connectivity index (χ3n) is 4.35. The Morgan fingerprint density at radius 3 is 2.67 bits per heavy atom. The summed E-state index contributed by atoms with van der Waals surface area (Å²) in [6.07, 6.45) is 4.98. The van der Waals surface area contributed by atoms with Crippen LogP contribution in [0.2, 0.25) is 0 Å². The molecule has 0 bridgehead atoms. The van der Waals surface area contributed by atoms with Crippen LogP contribution in [0, 0.1) is 6.92 Å². The fourth-order valence-corrected chi connectivity index (χ4v) is 2.93. The molecule has 4 rings (SSSR count). The predicted octanol–water partition coefficient (Wildman–Crippen LogP) is 3.83. The maximum atomic E-state index is 12.6. The molecule has 0 unspecified atom stereocenters. The number of aromatic nitrogens is 3. The SMILES string of the molecule is Cc1ccc(C(=O)Nc2ccncc2)cc1-c1ccc2nc(N)ncc2c1. The maximum absolute atomic E-state index is 12.6. The summed E-state index contributed by atoms with van der Waals surface area (Å²) in [7, 11) is 0. The van der Waals surface area contributed by atoms with Gasteiger partial charge in [0.2, 0.25) is 5.95 Å². The van der Waals surface area contributed by atoms with Gasteiger partial charge in [0, 0.05) is 35.2 Å². The fraction of sp³-hybridized carbons (Fsp3) is 0.0476. The number of nitrogens with zero attached hydrogens (tertiary/aromatic N) is 3. The number of aryl methyl sites for hydroxylation is 1. The van der Waals surface area contributed by atoms with E-state index in [9.17, 15) is 4.79 Å². The molecule has 0 saturated carbocycles. The van der Waals surface area contributed by atoms with Crippen LogP contribution in [-0.2, 0) is 0 Å². The number of fused-ring (bicyclic) bond motifs is 1. The van der Waals surface area contributed by atoms with Crippen molar-refractivity contribution in [2.75, 3.05) is 11.1 Å². The first-order valence-corrected chi connectivity index (χ1v) is 8.45. The number of nitrogens with two attached hydrogens (primary N) is 1. The largest absolute Gasteiger partial charge is 0.368 e. The highest BCUT2D eigenvalue weighted by Gasteiger charge is 2.11. The number of nitrogens with one attached hydrogen (secondary N) is 1. The number of amides is 1. The van der Waals surface area contributed by atoms with Gasteiger partial charge in [0.25, 0.3) is 5.91 Å². The van der Waals surface area contributed by atoms with E-state index >= 15 is 0 Å². The van der Waals surface area contributed by atoms with E-state index in [1.165, 1.54) is 0 Å². The smallest absolute Gasteiger partial charge is 0.255 e. The van der Waals surface area contributed by atoms with Gasteiger partial charge in [0.1, 0.15) is 0 Å². The molecular weight excluding hydrogens is 338 g/mol. The summed E-state index contributed by atoms with van der Waals surface area (Å²) in [4.78, 5) is 24.8. The van der Waals surface area contributed by atoms with Crippen molar-refractivity contribution in [1.29, 1.82) is 0 Å². The summed E-state index contributed by atoms with van der Waals surface area (Å²) in [5.74, 6) is 0.0838. The third-order valence-corrected chi connectivity index (χ3v) is 4.35. The van der Waals surface area contributed by atoms with E-state index in [1.54, 1.807) is 30.7 Å². The van der Waals surface area contributed by atoms with Gasteiger partial charge in [-0.3, -0.25) is 9.78 Å². The zero-order valence-corrected chi connectivity index (χ0v) is 14.7. The quantitative estimate of drug-likeness (QED) is 0.582. The van der Waals surface area contributed by atoms with Crippen LogP contribution >= 0.6 is 0 Å². The van der Waals surface area contributed by atoms with Gasteiger partial charge < -0.3 is 11.1 Å². The van der Waals surface area contributed by atoms with E-state index in [4.69, 9.17) is 5.73 Å². The molecule has 3 N–H and O–H groups in total. The molecule has 0 aliphatic heterocycles. The Hall–Kier alpha value is -3.80. The normalized spacial score (nSPS) is 10.7. The first-order chi connectivity index (χ1) is 13.1. The molecule has 6 nitrogen and oxygen atoms in total. The monoisotopic (exact) mass is 355 g/mol. The van der Waals surface area contributed by atoms with Gasteiger partial charge in [-0.1, -0.05) is 12.1 Å². The van der Waals surface area contributed by atoms with E-state index in [1.807, 2.05) is 43.3 Å². The first kappa shape index (κ1) is 16.7. The molecule has 0 spiro atoms. The Kier molecular flexibility index (Phi) is 4.22. The molecule has 1 amide bonds. The highest BCUT2D eigenvalue weighted by Crippen LogP contribution is 2.28. The summed E-state index contributed by atoms with van der Waals surface area (Å²) in [6, 6.07) is 15.0. The van der Waals surface area contributed by atoms with Gasteiger partial charge in [0.15, 0.2) is 0 Å². The van der Waals surface area contributed by atoms with Gasteiger partial charge in [-0.15, -0.1) is 0 Å². The van der Waals surface area contributed by atoms with Crippen molar-refractivity contribution in [3.8, 4) is 11.1 Å². The Morgan fingerprint density at radius 1 is 1.04 bits per heavy atom. The predicted molar refractivity (Wildman–Crippen MR) is 106 cm³/mol. The highest BCUT2D eigenvalue weighted by atomic mass is 16.1. The molecule has 4 aromatic rings. The summed E-state index contributed by atoms with van der Waals surface area (Å²) >= 11 is 0. The molecule has 6 heteroatoms. The Bertz CT molecular complexity index is 1140. The number of rotatable bonds is 3. The molecule has 2 heterocycles. The van der Waals surface area contributed by atoms with Crippen molar-refractivity contribution in [2.24, 2.45) is 0 Å². The summed E-state index contributed by atoms with van der Waals surface area (Å²) in [5, 5.41) is 3.78. The minimum Gasteiger partial charge on any atom is -0.368 e. The van der Waals surface area contributed by atoms with Crippen molar-refractivity contribution < 1.29 is 4.79 Å². The zero-order chi connectivity index (χ0) is 18.8. The minimum absolute atomic E-state index is 0.167. The summed E-state index contributed by atoms with van der Waals surface area (Å²) in [5.41, 5.74) is 10.8. The van der Waals surface area contributed by atoms with Crippen molar-refractivity contribution in [3.63, 3.8) is 0 Å². The molecule has 27 heavy (non-hydrogen) atoms. The van der Waals surface area contributed by atoms with Gasteiger partial charge in [-0.05, 0) is 60.0 Å². The van der Waals surface area contributed by atoms with Gasteiger partial charge in [0.05, 0.1) is 5.52 Å². The fourth-order valence-electron chi connectivity index (χ4n) is 2.93. The average Bonchev–Trinajstić information content (AvgIpc) is 2.68. The van der Waals surface area contributed by atoms with Crippen molar-refractivity contribution in [1.82, 2.24) is 15.0 Å². The van der Waals surface area contributed by atoms with Crippen LogP contribution in [0.3, 0.4) is 0 Å². The van der Waals surface area contributed by atoms with Crippen molar-refractivity contribution in [3.05, 3.63) is 78.2 Å². The standard InChI is InChI=1S/C21H17N5O/c1-13-2-3-15(20(27)25-17-6-8-23-9-7-17)11-18(13)14-4-5-19-16(10-14)12-24-21(22)26-19/h2-12H,1H3,(H2,22,24,26)(H,23,25,27). The molecular formula is C21H17N5O. The second-order valence-corrected chi connectivity index (χ2v) is 6.22. The molecule has 0 fully saturated rings. The van der Waals surface area contributed by atoms with Crippen LogP contribution in [0.15, 0.2) is 67.1 Å². The average molecular weight is 355 g/mol. The Balaban J connectivity index is 1.70. The number of anilines is 2. The molecule has 0 saturated heterocycles. The number of carbonyl (C=O) groups excluding carboxylic acids is 1. The van der Waals surface area contributed by atoms with Crippen molar-refractivity contribution in [2.45, 2.75) is 6.92 Å². The number of hydrogen-bond acceptors (Lipinski definition) is 5. The topological polar surface area (TPSA) is 93.8 Å². The zero-order valence-electron chi connectivity index (χ0n) is 14.7. The van der Waals surface area contributed by atoms with Gasteiger partial charge >= 0.3 is 0 Å². The lowest BCUT2D eigenvalue weighted by molar-refractivity contribution is 0.102. The Morgan fingerprint density at radius 2 is 1.85 bits per heavy atom. The molecule has 0 aliphatic carbocycles. The van der Waals surface area contributed by atoms with Crippen LogP contribution in [0.25, 0.3) is 22.0 Å². The maximum Gasteiger partial charge on any atom is 0.255 e. The van der Waals surface area contributed by atoms with E-state index in [2.05, 4.69) is 20.3 Å². The Labute approximate surface area is 156 Å². The highest BCUT2D eigenvalue weighted by molar-refractivity contribution is 6.05. The molecule has 2 aromatic carbocycles. The molecule has 0 atom stereocenters. The van der Waals surface area contributed by atoms with Crippen LogP contribution in [0.1, 0.15) is 15.9 Å². The van der Waals surface area contributed by atoms with E-state index in [-0.39, 0.29) is 11.9 Å². The van der Waals surface area contributed by atoms with Crippen LogP contribution in [-0.4, -0.2) is 20.9 Å². The van der Waals surface area contributed by atoms with Crippen molar-refractivity contribution >= 4 is 28.4 Å². The summed E-state index contributed by atoms with van der Waals surface area (Å²) in [6.45, 7) is 2.02. The second-order valence-electron chi connectivity index (χ2n) is 6.22. The number of nitrogen functional groups attached to an aromatic ring is 1. The summed E-state index contributed by atoms with van der Waals surface area (Å²) < 4.78 is 0. The lowest BCUT2D eigenvalue weighted by Crippen LogP contribution is -2.12. The van der Waals surface area contributed by atoms with E-state index in [0.717, 1.165) is 27.6 Å². The van der Waals surface area contributed by atoms with Gasteiger partial charge in [-0.2, -0.15) is 0 Å². The molecule has 0 radical (unpaired) electrons. The molecule has 0 aliphatic rings. The first-order valence-electron chi connectivity index (χ1n) is 8.45. The molecule has 2 aromatic heterocycles. The third kappa shape index (κ3) is 3.46. The molecule has 132 valence electrons. The van der Waals surface area contributed by atoms with Gasteiger partial charge in [-0.25, -0.2) is 9.97 Å². The number of pyridine rings is 1. The number of carbonyl (C=O) groups is 1. The lowest BCUT2D eigenvalue weighted by atomic mass is 9.97. The lowest BCUT2D eigenvalue weighted by Gasteiger charge is -2.11. The van der Waals surface area contributed by atoms with Crippen LogP contribution in [0.4, 0.5) is 11.6 Å².